The zero-order chi connectivity index (χ0) is 17.1. The van der Waals surface area contributed by atoms with Gasteiger partial charge in [-0.2, -0.15) is 0 Å². The van der Waals surface area contributed by atoms with Crippen molar-refractivity contribution in [2.45, 2.75) is 26.2 Å². The lowest BCUT2D eigenvalue weighted by Crippen LogP contribution is -2.43. The summed E-state index contributed by atoms with van der Waals surface area (Å²) < 4.78 is 0. The summed E-state index contributed by atoms with van der Waals surface area (Å²) in [4.78, 5) is 30.6. The molecule has 6 heteroatoms. The molecule has 1 fully saturated rings. The minimum atomic E-state index is -0.191. The lowest BCUT2D eigenvalue weighted by Gasteiger charge is -2.32. The molecule has 1 aliphatic heterocycles. The number of anilines is 1. The van der Waals surface area contributed by atoms with Gasteiger partial charge < -0.3 is 10.2 Å². The summed E-state index contributed by atoms with van der Waals surface area (Å²) in [5, 5.41) is 4.38. The van der Waals surface area contributed by atoms with Crippen molar-refractivity contribution in [2.24, 2.45) is 5.92 Å². The fourth-order valence-corrected chi connectivity index (χ4v) is 3.33. The van der Waals surface area contributed by atoms with Gasteiger partial charge >= 0.3 is 0 Å². The topological polar surface area (TPSA) is 62.3 Å². The van der Waals surface area contributed by atoms with Gasteiger partial charge in [0.15, 0.2) is 0 Å². The predicted molar refractivity (Wildman–Crippen MR) is 95.0 cm³/mol. The second kappa shape index (κ2) is 7.18. The lowest BCUT2D eigenvalue weighted by molar-refractivity contribution is -0.134. The van der Waals surface area contributed by atoms with Crippen molar-refractivity contribution < 1.29 is 9.59 Å². The van der Waals surface area contributed by atoms with Gasteiger partial charge in [-0.25, -0.2) is 0 Å². The maximum absolute atomic E-state index is 12.6. The SMILES string of the molecule is CCC(=O)N1CCC[C@@H](C(=O)Nc2ccc(Cl)c3cccnc23)C1. The van der Waals surface area contributed by atoms with Crippen LogP contribution in [0.15, 0.2) is 30.5 Å². The molecule has 0 radical (unpaired) electrons. The highest BCUT2D eigenvalue weighted by Crippen LogP contribution is 2.29. The summed E-state index contributed by atoms with van der Waals surface area (Å²) in [5.41, 5.74) is 1.33. The number of benzene rings is 1. The van der Waals surface area contributed by atoms with Crippen LogP contribution in [0.4, 0.5) is 5.69 Å². The highest BCUT2D eigenvalue weighted by atomic mass is 35.5. The summed E-state index contributed by atoms with van der Waals surface area (Å²) in [7, 11) is 0. The third-order valence-electron chi connectivity index (χ3n) is 4.42. The standard InChI is InChI=1S/C18H20ClN3O2/c1-2-16(23)22-10-4-5-12(11-22)18(24)21-15-8-7-14(19)13-6-3-9-20-17(13)15/h3,6-9,12H,2,4-5,10-11H2,1H3,(H,21,24)/t12-/m1/s1. The van der Waals surface area contributed by atoms with Crippen LogP contribution in [0.25, 0.3) is 10.9 Å². The smallest absolute Gasteiger partial charge is 0.229 e. The number of nitrogens with one attached hydrogen (secondary N) is 1. The van der Waals surface area contributed by atoms with Gasteiger partial charge in [-0.3, -0.25) is 14.6 Å². The Bertz CT molecular complexity index is 778. The molecule has 0 aliphatic carbocycles. The largest absolute Gasteiger partial charge is 0.342 e. The average Bonchev–Trinajstić information content (AvgIpc) is 2.63. The maximum Gasteiger partial charge on any atom is 0.229 e. The number of nitrogens with zero attached hydrogens (tertiary/aromatic N) is 2. The van der Waals surface area contributed by atoms with Gasteiger partial charge in [-0.15, -0.1) is 0 Å². The summed E-state index contributed by atoms with van der Waals surface area (Å²) >= 11 is 6.19. The van der Waals surface area contributed by atoms with Crippen LogP contribution in [0.1, 0.15) is 26.2 Å². The van der Waals surface area contributed by atoms with E-state index in [9.17, 15) is 9.59 Å². The first kappa shape index (κ1) is 16.7. The maximum atomic E-state index is 12.6. The summed E-state index contributed by atoms with van der Waals surface area (Å²) in [6, 6.07) is 7.22. The van der Waals surface area contributed by atoms with Crippen molar-refractivity contribution in [3.63, 3.8) is 0 Å². The Morgan fingerprint density at radius 2 is 2.21 bits per heavy atom. The first-order chi connectivity index (χ1) is 11.6. The van der Waals surface area contributed by atoms with E-state index in [-0.39, 0.29) is 17.7 Å². The zero-order valence-electron chi connectivity index (χ0n) is 13.6. The minimum absolute atomic E-state index is 0.0714. The van der Waals surface area contributed by atoms with Crippen LogP contribution in [0.3, 0.4) is 0 Å². The van der Waals surface area contributed by atoms with Crippen molar-refractivity contribution >= 4 is 40.0 Å². The molecule has 2 amide bonds. The van der Waals surface area contributed by atoms with Crippen LogP contribution >= 0.6 is 11.6 Å². The van der Waals surface area contributed by atoms with Crippen LogP contribution in [0.5, 0.6) is 0 Å². The Balaban J connectivity index is 1.78. The third kappa shape index (κ3) is 3.36. The van der Waals surface area contributed by atoms with Gasteiger partial charge in [0, 0.05) is 31.1 Å². The number of hydrogen-bond acceptors (Lipinski definition) is 3. The number of aromatic nitrogens is 1. The van der Waals surface area contributed by atoms with E-state index in [2.05, 4.69) is 10.3 Å². The van der Waals surface area contributed by atoms with Gasteiger partial charge in [-0.05, 0) is 37.1 Å². The number of likely N-dealkylation sites (tertiary alicyclic amines) is 1. The molecule has 1 aliphatic rings. The van der Waals surface area contributed by atoms with E-state index in [1.807, 2.05) is 19.1 Å². The molecule has 0 spiro atoms. The Morgan fingerprint density at radius 3 is 3.00 bits per heavy atom. The van der Waals surface area contributed by atoms with Gasteiger partial charge in [0.05, 0.1) is 22.1 Å². The molecule has 0 saturated carbocycles. The van der Waals surface area contributed by atoms with Crippen molar-refractivity contribution in [2.75, 3.05) is 18.4 Å². The first-order valence-electron chi connectivity index (χ1n) is 8.22. The minimum Gasteiger partial charge on any atom is -0.342 e. The number of amides is 2. The normalized spacial score (nSPS) is 17.8. The summed E-state index contributed by atoms with van der Waals surface area (Å²) in [5.74, 6) is -0.160. The van der Waals surface area contributed by atoms with Crippen LogP contribution in [0.2, 0.25) is 5.02 Å². The lowest BCUT2D eigenvalue weighted by atomic mass is 9.96. The van der Waals surface area contributed by atoms with E-state index < -0.39 is 0 Å². The molecule has 1 saturated heterocycles. The summed E-state index contributed by atoms with van der Waals surface area (Å²) in [6.07, 6.45) is 3.79. The van der Waals surface area contributed by atoms with E-state index in [0.29, 0.717) is 29.2 Å². The molecule has 5 nitrogen and oxygen atoms in total. The molecule has 0 bridgehead atoms. The second-order valence-corrected chi connectivity index (χ2v) is 6.42. The van der Waals surface area contributed by atoms with Gasteiger partial charge in [0.2, 0.25) is 11.8 Å². The number of piperidine rings is 1. The van der Waals surface area contributed by atoms with Crippen molar-refractivity contribution in [3.8, 4) is 0 Å². The first-order valence-corrected chi connectivity index (χ1v) is 8.59. The Kier molecular flexibility index (Phi) is 5.00. The highest BCUT2D eigenvalue weighted by Gasteiger charge is 2.28. The van der Waals surface area contributed by atoms with Gasteiger partial charge in [0.1, 0.15) is 0 Å². The summed E-state index contributed by atoms with van der Waals surface area (Å²) in [6.45, 7) is 3.07. The monoisotopic (exact) mass is 345 g/mol. The number of rotatable bonds is 3. The average molecular weight is 346 g/mol. The Morgan fingerprint density at radius 1 is 1.38 bits per heavy atom. The van der Waals surface area contributed by atoms with Crippen molar-refractivity contribution in [3.05, 3.63) is 35.5 Å². The van der Waals surface area contributed by atoms with Crippen LogP contribution < -0.4 is 5.32 Å². The van der Waals surface area contributed by atoms with Crippen LogP contribution in [0, 0.1) is 5.92 Å². The third-order valence-corrected chi connectivity index (χ3v) is 4.75. The van der Waals surface area contributed by atoms with Gasteiger partial charge in [0.25, 0.3) is 0 Å². The molecule has 1 aromatic heterocycles. The Hall–Kier alpha value is -2.14. The molecule has 1 N–H and O–H groups in total. The quantitative estimate of drug-likeness (QED) is 0.926. The van der Waals surface area contributed by atoms with Crippen LogP contribution in [-0.4, -0.2) is 34.8 Å². The zero-order valence-corrected chi connectivity index (χ0v) is 14.3. The fourth-order valence-electron chi connectivity index (χ4n) is 3.11. The molecule has 3 rings (SSSR count). The molecule has 1 aromatic carbocycles. The molecular formula is C18H20ClN3O2. The number of hydrogen-bond donors (Lipinski definition) is 1. The number of carbonyl (C=O) groups excluding carboxylic acids is 2. The predicted octanol–water partition coefficient (Wildman–Crippen LogP) is 3.48. The number of halogens is 1. The molecule has 1 atom stereocenters. The van der Waals surface area contributed by atoms with Crippen molar-refractivity contribution in [1.82, 2.24) is 9.88 Å². The number of fused-ring (bicyclic) bond motifs is 1. The fraction of sp³-hybridized carbons (Fsp3) is 0.389. The molecule has 2 aromatic rings. The van der Waals surface area contributed by atoms with E-state index in [1.165, 1.54) is 0 Å². The number of pyridine rings is 1. The van der Waals surface area contributed by atoms with Crippen molar-refractivity contribution in [1.29, 1.82) is 0 Å². The second-order valence-electron chi connectivity index (χ2n) is 6.02. The molecule has 24 heavy (non-hydrogen) atoms. The van der Waals surface area contributed by atoms with Gasteiger partial charge in [-0.1, -0.05) is 18.5 Å². The highest BCUT2D eigenvalue weighted by molar-refractivity contribution is 6.35. The van der Waals surface area contributed by atoms with Crippen LogP contribution in [-0.2, 0) is 9.59 Å². The number of carbonyl (C=O) groups is 2. The molecular weight excluding hydrogens is 326 g/mol. The van der Waals surface area contributed by atoms with E-state index in [1.54, 1.807) is 23.2 Å². The molecule has 126 valence electrons. The van der Waals surface area contributed by atoms with E-state index >= 15 is 0 Å². The molecule has 2 heterocycles. The van der Waals surface area contributed by atoms with E-state index in [4.69, 9.17) is 11.6 Å². The molecule has 0 unspecified atom stereocenters. The van der Waals surface area contributed by atoms with E-state index in [0.717, 1.165) is 24.8 Å². The Labute approximate surface area is 146 Å².